The summed E-state index contributed by atoms with van der Waals surface area (Å²) >= 11 is 0. The van der Waals surface area contributed by atoms with E-state index in [1.807, 2.05) is 0 Å². The van der Waals surface area contributed by atoms with E-state index in [9.17, 15) is 9.90 Å². The van der Waals surface area contributed by atoms with Crippen LogP contribution in [-0.4, -0.2) is 5.97 Å². The fourth-order valence-corrected chi connectivity index (χ4v) is 0. The van der Waals surface area contributed by atoms with Crippen molar-refractivity contribution in [1.82, 2.24) is 0 Å². The molecule has 0 fully saturated rings. The summed E-state index contributed by atoms with van der Waals surface area (Å²) in [5.41, 5.74) is -0.694. The number of hydrogen-bond donors (Lipinski definition) is 0. The predicted octanol–water partition coefficient (Wildman–Crippen LogP) is 0.416. The Hall–Kier alpha value is 0.0934. The zero-order valence-electron chi connectivity index (χ0n) is 5.52. The molecule has 52 valence electrons. The van der Waals surface area contributed by atoms with Crippen LogP contribution in [0.4, 0.5) is 0 Å². The number of carboxylic acid groups (broad SMARTS) is 1. The van der Waals surface area contributed by atoms with Crippen LogP contribution in [0.25, 0.3) is 0 Å². The summed E-state index contributed by atoms with van der Waals surface area (Å²) in [6.07, 6.45) is 0. The number of rotatable bonds is 0. The number of hydrogen-bond acceptors (Lipinski definition) is 2. The normalized spacial score (nSPS) is 8.78. The van der Waals surface area contributed by atoms with Gasteiger partial charge in [0.1, 0.15) is 0 Å². The van der Waals surface area contributed by atoms with E-state index in [0.717, 1.165) is 0 Å². The quantitative estimate of drug-likeness (QED) is 0.510. The fourth-order valence-electron chi connectivity index (χ4n) is 0. The topological polar surface area (TPSA) is 40.1 Å². The van der Waals surface area contributed by atoms with E-state index in [2.05, 4.69) is 0 Å². The van der Waals surface area contributed by atoms with Gasteiger partial charge in [0.25, 0.3) is 0 Å². The van der Waals surface area contributed by atoms with E-state index in [1.165, 1.54) is 0 Å². The molecule has 0 atom stereocenters. The zero-order valence-corrected chi connectivity index (χ0v) is 8.49. The second kappa shape index (κ2) is 4.92. The molecule has 3 heteroatoms. The minimum absolute atomic E-state index is 0. The number of carboxylic acids is 1. The van der Waals surface area contributed by atoms with Gasteiger partial charge in [0.2, 0.25) is 0 Å². The molecule has 0 amide bonds. The Labute approximate surface area is 69.4 Å². The van der Waals surface area contributed by atoms with E-state index in [0.29, 0.717) is 0 Å². The van der Waals surface area contributed by atoms with Gasteiger partial charge >= 0.3 is 0 Å². The minimum atomic E-state index is -1.01. The maximum absolute atomic E-state index is 9.91. The average molecular weight is 183 g/mol. The number of carbonyl (C=O) groups is 1. The summed E-state index contributed by atoms with van der Waals surface area (Å²) in [6, 6.07) is 0. The van der Waals surface area contributed by atoms with Crippen molar-refractivity contribution in [2.24, 2.45) is 5.41 Å². The number of aliphatic carboxylic acids is 1. The molecule has 0 unspecified atom stereocenters. The first-order valence-electron chi connectivity index (χ1n) is 2.16. The SMILES string of the molecule is C.CC(C)(C)C(=O)[O-].[Zn]. The molecule has 0 aromatic rings. The van der Waals surface area contributed by atoms with Crippen molar-refractivity contribution in [2.45, 2.75) is 28.2 Å². The van der Waals surface area contributed by atoms with E-state index in [1.54, 1.807) is 20.8 Å². The Bertz CT molecular complexity index is 83.5. The van der Waals surface area contributed by atoms with Crippen LogP contribution in [0.1, 0.15) is 28.2 Å². The Kier molecular flexibility index (Phi) is 8.78. The third kappa shape index (κ3) is 8.09. The molecule has 0 saturated heterocycles. The molecule has 0 saturated carbocycles. The van der Waals surface area contributed by atoms with E-state index < -0.39 is 11.4 Å². The van der Waals surface area contributed by atoms with Gasteiger partial charge in [0.15, 0.2) is 0 Å². The molecule has 0 rings (SSSR count). The van der Waals surface area contributed by atoms with Crippen LogP contribution in [0, 0.1) is 5.41 Å². The molecule has 0 heterocycles. The van der Waals surface area contributed by atoms with E-state index >= 15 is 0 Å². The maximum Gasteiger partial charge on any atom is 0.0467 e. The predicted molar refractivity (Wildman–Crippen MR) is 31.2 cm³/mol. The monoisotopic (exact) mass is 181 g/mol. The molecular formula is C6H13O2Zn-. The molecule has 0 bridgehead atoms. The summed E-state index contributed by atoms with van der Waals surface area (Å²) in [6.45, 7) is 4.80. The molecule has 0 N–H and O–H groups in total. The fraction of sp³-hybridized carbons (Fsp3) is 0.833. The zero-order chi connectivity index (χ0) is 6.08. The van der Waals surface area contributed by atoms with Gasteiger partial charge in [-0.25, -0.2) is 0 Å². The third-order valence-corrected chi connectivity index (χ3v) is 0.612. The average Bonchev–Trinajstić information content (AvgIpc) is 1.31. The van der Waals surface area contributed by atoms with Crippen LogP contribution in [0.3, 0.4) is 0 Å². The van der Waals surface area contributed by atoms with Crippen molar-refractivity contribution in [1.29, 1.82) is 0 Å². The summed E-state index contributed by atoms with van der Waals surface area (Å²) in [5.74, 6) is -1.01. The van der Waals surface area contributed by atoms with Crippen molar-refractivity contribution in [3.8, 4) is 0 Å². The number of carbonyl (C=O) groups excluding carboxylic acids is 1. The molecular weight excluding hydrogens is 169 g/mol. The summed E-state index contributed by atoms with van der Waals surface area (Å²) < 4.78 is 0. The summed E-state index contributed by atoms with van der Waals surface area (Å²) in [7, 11) is 0. The summed E-state index contributed by atoms with van der Waals surface area (Å²) in [5, 5.41) is 9.91. The van der Waals surface area contributed by atoms with Gasteiger partial charge in [-0.3, -0.25) is 0 Å². The van der Waals surface area contributed by atoms with Crippen LogP contribution < -0.4 is 5.11 Å². The first kappa shape index (κ1) is 16.0. The van der Waals surface area contributed by atoms with Gasteiger partial charge in [-0.2, -0.15) is 0 Å². The molecule has 0 radical (unpaired) electrons. The second-order valence-electron chi connectivity index (χ2n) is 2.54. The van der Waals surface area contributed by atoms with Crippen molar-refractivity contribution in [3.63, 3.8) is 0 Å². The molecule has 2 nitrogen and oxygen atoms in total. The van der Waals surface area contributed by atoms with Gasteiger partial charge in [0, 0.05) is 30.9 Å². The Morgan fingerprint density at radius 1 is 1.33 bits per heavy atom. The molecule has 0 aromatic carbocycles. The second-order valence-corrected chi connectivity index (χ2v) is 2.54. The van der Waals surface area contributed by atoms with Crippen molar-refractivity contribution in [3.05, 3.63) is 0 Å². The van der Waals surface area contributed by atoms with Gasteiger partial charge in [-0.15, -0.1) is 0 Å². The minimum Gasteiger partial charge on any atom is -0.550 e. The first-order valence-corrected chi connectivity index (χ1v) is 2.16. The molecule has 9 heavy (non-hydrogen) atoms. The Balaban J connectivity index is -0.000000180. The van der Waals surface area contributed by atoms with Gasteiger partial charge in [0.05, 0.1) is 0 Å². The smallest absolute Gasteiger partial charge is 0.0467 e. The molecule has 0 aliphatic rings. The van der Waals surface area contributed by atoms with Crippen LogP contribution >= 0.6 is 0 Å². The Morgan fingerprint density at radius 3 is 1.44 bits per heavy atom. The Morgan fingerprint density at radius 2 is 1.44 bits per heavy atom. The van der Waals surface area contributed by atoms with Crippen LogP contribution in [0.5, 0.6) is 0 Å². The molecule has 0 aliphatic heterocycles. The third-order valence-electron chi connectivity index (χ3n) is 0.612. The first-order chi connectivity index (χ1) is 2.94. The molecule has 0 spiro atoms. The van der Waals surface area contributed by atoms with Crippen LogP contribution in [0.15, 0.2) is 0 Å². The molecule has 0 aliphatic carbocycles. The largest absolute Gasteiger partial charge is 0.550 e. The van der Waals surface area contributed by atoms with Crippen LogP contribution in [0.2, 0.25) is 0 Å². The van der Waals surface area contributed by atoms with Crippen molar-refractivity contribution < 1.29 is 29.4 Å². The molecule has 0 aromatic heterocycles. The maximum atomic E-state index is 9.91. The van der Waals surface area contributed by atoms with Gasteiger partial charge < -0.3 is 9.90 Å². The summed E-state index contributed by atoms with van der Waals surface area (Å²) in [4.78, 5) is 9.91. The van der Waals surface area contributed by atoms with Gasteiger partial charge in [-0.1, -0.05) is 28.2 Å². The standard InChI is InChI=1S/C5H10O2.CH4.Zn/c1-5(2,3)4(6)7;;/h1-3H3,(H,6,7);1H4;/p-1. The van der Waals surface area contributed by atoms with Crippen molar-refractivity contribution in [2.75, 3.05) is 0 Å². The van der Waals surface area contributed by atoms with E-state index in [-0.39, 0.29) is 26.9 Å². The van der Waals surface area contributed by atoms with E-state index in [4.69, 9.17) is 0 Å². The van der Waals surface area contributed by atoms with Crippen molar-refractivity contribution >= 4 is 5.97 Å². The van der Waals surface area contributed by atoms with Crippen LogP contribution in [-0.2, 0) is 24.3 Å². The van der Waals surface area contributed by atoms with Gasteiger partial charge in [-0.05, 0) is 0 Å².